The van der Waals surface area contributed by atoms with E-state index in [-0.39, 0.29) is 24.2 Å². The molecular weight excluding hydrogens is 405 g/mol. The summed E-state index contributed by atoms with van der Waals surface area (Å²) < 4.78 is 16.7. The summed E-state index contributed by atoms with van der Waals surface area (Å²) in [6.07, 6.45) is 2.53. The minimum atomic E-state index is -0.622. The maximum Gasteiger partial charge on any atom is 0.238 e. The highest BCUT2D eigenvalue weighted by atomic mass is 19.1. The third-order valence-electron chi connectivity index (χ3n) is 8.01. The molecule has 1 saturated heterocycles. The number of aromatic nitrogens is 2. The van der Waals surface area contributed by atoms with E-state index in [0.29, 0.717) is 23.4 Å². The third kappa shape index (κ3) is 3.06. The third-order valence-corrected chi connectivity index (χ3v) is 8.01. The van der Waals surface area contributed by atoms with Crippen LogP contribution in [0, 0.1) is 29.5 Å². The molecular formula is C25H28FN5O. The number of fused-ring (bicyclic) bond motifs is 6. The Balaban J connectivity index is 1.12. The van der Waals surface area contributed by atoms with E-state index in [4.69, 9.17) is 5.73 Å². The number of carbonyl (C=O) groups excluding carboxylic acids is 1. The lowest BCUT2D eigenvalue weighted by molar-refractivity contribution is -0.124. The van der Waals surface area contributed by atoms with Gasteiger partial charge in [0, 0.05) is 24.9 Å². The zero-order valence-electron chi connectivity index (χ0n) is 18.3. The average Bonchev–Trinajstić information content (AvgIpc) is 3.12. The first kappa shape index (κ1) is 19.9. The van der Waals surface area contributed by atoms with Gasteiger partial charge in [0.15, 0.2) is 0 Å². The van der Waals surface area contributed by atoms with E-state index < -0.39 is 6.17 Å². The molecule has 2 bridgehead atoms. The van der Waals surface area contributed by atoms with Gasteiger partial charge in [0.2, 0.25) is 5.91 Å². The Bertz CT molecular complexity index is 1220. The Morgan fingerprint density at radius 2 is 2.06 bits per heavy atom. The highest BCUT2D eigenvalue weighted by molar-refractivity contribution is 5.85. The molecule has 2 aliphatic carbocycles. The topological polar surface area (TPSA) is 85.0 Å². The standard InChI is InChI=1S/C25H28FN5O/c1-12-22-17-10-19(23(12)22)29-24(17)25(32)30-21(27)9-15-4-3-14(8-18(15)26)13-5-6-20-16(7-13)11-28-31(20)2/h3-8,11-12,17,19,21-24,29H,9-10,27H2,1-2H3,(H,30,32)/t12-,17+,19-,21-,22-,23+,24-/m0/s1. The molecule has 2 aromatic carbocycles. The van der Waals surface area contributed by atoms with Crippen LogP contribution < -0.4 is 16.4 Å². The summed E-state index contributed by atoms with van der Waals surface area (Å²) >= 11 is 0. The Morgan fingerprint density at radius 1 is 1.28 bits per heavy atom. The minimum absolute atomic E-state index is 0.0515. The van der Waals surface area contributed by atoms with E-state index in [0.717, 1.165) is 40.3 Å². The molecule has 1 aromatic heterocycles. The van der Waals surface area contributed by atoms with Crippen molar-refractivity contribution in [2.24, 2.45) is 36.5 Å². The fourth-order valence-corrected chi connectivity index (χ4v) is 6.40. The minimum Gasteiger partial charge on any atom is -0.339 e. The van der Waals surface area contributed by atoms with Crippen molar-refractivity contribution < 1.29 is 9.18 Å². The van der Waals surface area contributed by atoms with Crippen molar-refractivity contribution >= 4 is 16.8 Å². The van der Waals surface area contributed by atoms with E-state index >= 15 is 0 Å². The van der Waals surface area contributed by atoms with Crippen LogP contribution in [0.15, 0.2) is 42.6 Å². The van der Waals surface area contributed by atoms with Crippen molar-refractivity contribution in [3.63, 3.8) is 0 Å². The molecule has 32 heavy (non-hydrogen) atoms. The molecule has 7 atom stereocenters. The van der Waals surface area contributed by atoms with Gasteiger partial charge in [-0.25, -0.2) is 4.39 Å². The normalized spacial score (nSPS) is 31.0. The van der Waals surface area contributed by atoms with Crippen LogP contribution in [-0.2, 0) is 18.3 Å². The molecule has 0 spiro atoms. The summed E-state index contributed by atoms with van der Waals surface area (Å²) in [5.41, 5.74) is 9.46. The van der Waals surface area contributed by atoms with E-state index in [1.165, 1.54) is 6.07 Å². The van der Waals surface area contributed by atoms with Gasteiger partial charge in [-0.05, 0) is 65.0 Å². The molecule has 2 heterocycles. The van der Waals surface area contributed by atoms with Crippen molar-refractivity contribution in [3.8, 4) is 11.1 Å². The summed E-state index contributed by atoms with van der Waals surface area (Å²) in [5.74, 6) is 2.22. The molecule has 1 aliphatic heterocycles. The number of nitrogens with zero attached hydrogens (tertiary/aromatic N) is 2. The smallest absolute Gasteiger partial charge is 0.238 e. The first-order chi connectivity index (χ1) is 15.4. The van der Waals surface area contributed by atoms with Gasteiger partial charge in [-0.2, -0.15) is 5.10 Å². The van der Waals surface area contributed by atoms with Gasteiger partial charge in [0.1, 0.15) is 5.82 Å². The Labute approximate surface area is 186 Å². The van der Waals surface area contributed by atoms with Gasteiger partial charge >= 0.3 is 0 Å². The second-order valence-electron chi connectivity index (χ2n) is 9.83. The SMILES string of the molecule is C[C@H]1[C@H]2[C@H]3C[C@H](N[C@@H]3C(=O)N[C@H](N)Cc3ccc(-c4ccc5c(cnn5C)c4)cc3F)[C@@H]12. The number of hydrogen-bond donors (Lipinski definition) is 3. The number of carbonyl (C=O) groups is 1. The molecule has 3 aliphatic rings. The molecule has 6 rings (SSSR count). The molecule has 7 heteroatoms. The van der Waals surface area contributed by atoms with E-state index in [1.807, 2.05) is 36.0 Å². The quantitative estimate of drug-likeness (QED) is 0.540. The van der Waals surface area contributed by atoms with Gasteiger partial charge in [0.05, 0.1) is 23.9 Å². The van der Waals surface area contributed by atoms with Crippen molar-refractivity contribution in [1.29, 1.82) is 0 Å². The summed E-state index contributed by atoms with van der Waals surface area (Å²) in [6, 6.07) is 11.5. The lowest BCUT2D eigenvalue weighted by Crippen LogP contribution is -2.53. The maximum absolute atomic E-state index is 14.9. The molecule has 3 fully saturated rings. The molecule has 0 unspecified atom stereocenters. The van der Waals surface area contributed by atoms with Crippen LogP contribution in [-0.4, -0.2) is 33.9 Å². The van der Waals surface area contributed by atoms with Crippen LogP contribution in [0.2, 0.25) is 0 Å². The predicted molar refractivity (Wildman–Crippen MR) is 121 cm³/mol. The Kier molecular flexibility index (Phi) is 4.42. The molecule has 1 amide bonds. The van der Waals surface area contributed by atoms with Crippen LogP contribution in [0.25, 0.3) is 22.0 Å². The largest absolute Gasteiger partial charge is 0.339 e. The summed E-state index contributed by atoms with van der Waals surface area (Å²) in [5, 5.41) is 11.7. The fourth-order valence-electron chi connectivity index (χ4n) is 6.40. The number of nitrogens with one attached hydrogen (secondary N) is 2. The van der Waals surface area contributed by atoms with Crippen LogP contribution in [0.5, 0.6) is 0 Å². The van der Waals surface area contributed by atoms with Crippen LogP contribution in [0.4, 0.5) is 4.39 Å². The molecule has 166 valence electrons. The van der Waals surface area contributed by atoms with Gasteiger partial charge in [0.25, 0.3) is 0 Å². The average molecular weight is 434 g/mol. The van der Waals surface area contributed by atoms with Gasteiger partial charge < -0.3 is 16.4 Å². The Hall–Kier alpha value is -2.77. The highest BCUT2D eigenvalue weighted by Gasteiger charge is 2.67. The molecule has 2 saturated carbocycles. The second kappa shape index (κ2) is 7.12. The van der Waals surface area contributed by atoms with Crippen LogP contribution in [0.1, 0.15) is 18.9 Å². The van der Waals surface area contributed by atoms with Crippen molar-refractivity contribution in [1.82, 2.24) is 20.4 Å². The van der Waals surface area contributed by atoms with E-state index in [9.17, 15) is 9.18 Å². The predicted octanol–water partition coefficient (Wildman–Crippen LogP) is 2.57. The lowest BCUT2D eigenvalue weighted by Gasteiger charge is -2.24. The number of amides is 1. The number of piperidine rings is 1. The lowest BCUT2D eigenvalue weighted by atomic mass is 9.94. The summed E-state index contributed by atoms with van der Waals surface area (Å²) in [7, 11) is 1.90. The van der Waals surface area contributed by atoms with Gasteiger partial charge in [-0.3, -0.25) is 9.48 Å². The highest BCUT2D eigenvalue weighted by Crippen LogP contribution is 2.64. The molecule has 3 aromatic rings. The van der Waals surface area contributed by atoms with E-state index in [2.05, 4.69) is 22.7 Å². The van der Waals surface area contributed by atoms with Crippen LogP contribution in [0.3, 0.4) is 0 Å². The first-order valence-corrected chi connectivity index (χ1v) is 11.4. The number of hydrogen-bond acceptors (Lipinski definition) is 4. The monoisotopic (exact) mass is 433 g/mol. The van der Waals surface area contributed by atoms with Crippen molar-refractivity contribution in [3.05, 3.63) is 54.0 Å². The van der Waals surface area contributed by atoms with Crippen LogP contribution >= 0.6 is 0 Å². The second-order valence-corrected chi connectivity index (χ2v) is 9.83. The number of rotatable bonds is 5. The summed E-state index contributed by atoms with van der Waals surface area (Å²) in [6.45, 7) is 2.28. The van der Waals surface area contributed by atoms with Crippen molar-refractivity contribution in [2.45, 2.75) is 38.0 Å². The molecule has 0 radical (unpaired) electrons. The fraction of sp³-hybridized carbons (Fsp3) is 0.440. The van der Waals surface area contributed by atoms with Gasteiger partial charge in [-0.15, -0.1) is 0 Å². The number of nitrogens with two attached hydrogens (primary N) is 1. The molecule has 6 nitrogen and oxygen atoms in total. The van der Waals surface area contributed by atoms with E-state index in [1.54, 1.807) is 12.3 Å². The Morgan fingerprint density at radius 3 is 2.84 bits per heavy atom. The number of halogens is 1. The first-order valence-electron chi connectivity index (χ1n) is 11.4. The molecule has 4 N–H and O–H groups in total. The maximum atomic E-state index is 14.9. The van der Waals surface area contributed by atoms with Gasteiger partial charge in [-0.1, -0.05) is 25.1 Å². The van der Waals surface area contributed by atoms with Crippen molar-refractivity contribution in [2.75, 3.05) is 0 Å². The zero-order valence-corrected chi connectivity index (χ0v) is 18.3. The number of benzene rings is 2. The number of aryl methyl sites for hydroxylation is 1. The zero-order chi connectivity index (χ0) is 22.1. The summed E-state index contributed by atoms with van der Waals surface area (Å²) in [4.78, 5) is 12.8.